The van der Waals surface area contributed by atoms with Crippen LogP contribution in [0.15, 0.2) is 0 Å². The van der Waals surface area contributed by atoms with E-state index in [-0.39, 0.29) is 18.6 Å². The third kappa shape index (κ3) is 5.66. The topological polar surface area (TPSA) is 41.6 Å². The van der Waals surface area contributed by atoms with Crippen LogP contribution in [0.25, 0.3) is 0 Å². The second-order valence-electron chi connectivity index (χ2n) is 5.01. The summed E-state index contributed by atoms with van der Waals surface area (Å²) in [6.07, 6.45) is -3.67. The molecule has 0 saturated carbocycles. The Morgan fingerprint density at radius 3 is 2.50 bits per heavy atom. The van der Waals surface area contributed by atoms with Crippen LogP contribution in [0, 0.1) is 0 Å². The molecule has 1 aliphatic heterocycles. The van der Waals surface area contributed by atoms with Crippen molar-refractivity contribution in [1.29, 1.82) is 0 Å². The first kappa shape index (κ1) is 17.2. The summed E-state index contributed by atoms with van der Waals surface area (Å²) in [6.45, 7) is 4.12. The van der Waals surface area contributed by atoms with Crippen molar-refractivity contribution in [2.75, 3.05) is 26.2 Å². The van der Waals surface area contributed by atoms with Crippen molar-refractivity contribution in [2.24, 2.45) is 0 Å². The van der Waals surface area contributed by atoms with Gasteiger partial charge in [0.1, 0.15) is 6.54 Å². The number of alkyl halides is 3. The first-order valence-corrected chi connectivity index (χ1v) is 7.05. The molecule has 1 rings (SSSR count). The highest BCUT2D eigenvalue weighted by molar-refractivity contribution is 5.77. The molecule has 0 aliphatic carbocycles. The fourth-order valence-electron chi connectivity index (χ4n) is 2.41. The predicted molar refractivity (Wildman–Crippen MR) is 69.4 cm³/mol. The van der Waals surface area contributed by atoms with Gasteiger partial charge >= 0.3 is 6.18 Å². The van der Waals surface area contributed by atoms with E-state index < -0.39 is 18.6 Å². The van der Waals surface area contributed by atoms with Gasteiger partial charge in [0, 0.05) is 19.1 Å². The van der Waals surface area contributed by atoms with Crippen molar-refractivity contribution >= 4 is 5.91 Å². The number of nitrogens with zero attached hydrogens (tertiary/aromatic N) is 1. The smallest absolute Gasteiger partial charge is 0.375 e. The molecular formula is C13H23F3N2O2. The molecule has 1 atom stereocenters. The van der Waals surface area contributed by atoms with Crippen LogP contribution in [0.4, 0.5) is 13.2 Å². The van der Waals surface area contributed by atoms with Crippen molar-refractivity contribution in [1.82, 2.24) is 10.2 Å². The minimum atomic E-state index is -4.37. The van der Waals surface area contributed by atoms with Gasteiger partial charge in [0.15, 0.2) is 0 Å². The first-order valence-electron chi connectivity index (χ1n) is 7.05. The Hall–Kier alpha value is -0.820. The average molecular weight is 296 g/mol. The van der Waals surface area contributed by atoms with E-state index >= 15 is 0 Å². The van der Waals surface area contributed by atoms with E-state index in [0.29, 0.717) is 32.5 Å². The molecule has 1 heterocycles. The van der Waals surface area contributed by atoms with Gasteiger partial charge in [-0.15, -0.1) is 0 Å². The second kappa shape index (κ2) is 7.83. The molecule has 0 aromatic rings. The van der Waals surface area contributed by atoms with Crippen LogP contribution >= 0.6 is 0 Å². The highest BCUT2D eigenvalue weighted by Gasteiger charge is 2.36. The quantitative estimate of drug-likeness (QED) is 0.814. The Morgan fingerprint density at radius 2 is 2.05 bits per heavy atom. The molecule has 1 unspecified atom stereocenters. The molecule has 1 saturated heterocycles. The predicted octanol–water partition coefficient (Wildman–Crippen LogP) is 1.94. The number of ether oxygens (including phenoxy) is 1. The molecule has 0 radical (unpaired) electrons. The van der Waals surface area contributed by atoms with E-state index in [1.165, 1.54) is 0 Å². The third-order valence-corrected chi connectivity index (χ3v) is 3.46. The average Bonchev–Trinajstić information content (AvgIpc) is 2.38. The van der Waals surface area contributed by atoms with Gasteiger partial charge in [-0.1, -0.05) is 13.8 Å². The molecule has 1 aliphatic rings. The number of carbonyl (C=O) groups is 1. The molecule has 20 heavy (non-hydrogen) atoms. The van der Waals surface area contributed by atoms with Crippen LogP contribution < -0.4 is 5.32 Å². The zero-order valence-electron chi connectivity index (χ0n) is 12.0. The van der Waals surface area contributed by atoms with E-state index in [1.807, 2.05) is 0 Å². The Balaban J connectivity index is 2.67. The lowest BCUT2D eigenvalue weighted by Crippen LogP contribution is -2.48. The summed E-state index contributed by atoms with van der Waals surface area (Å²) in [5, 5.41) is 3.07. The van der Waals surface area contributed by atoms with Crippen molar-refractivity contribution in [3.05, 3.63) is 0 Å². The molecule has 0 spiro atoms. The molecule has 118 valence electrons. The van der Waals surface area contributed by atoms with Gasteiger partial charge in [-0.05, 0) is 12.8 Å². The fraction of sp³-hybridized carbons (Fsp3) is 0.923. The fourth-order valence-corrected chi connectivity index (χ4v) is 2.41. The molecule has 0 aromatic carbocycles. The maximum atomic E-state index is 12.6. The summed E-state index contributed by atoms with van der Waals surface area (Å²) in [5.41, 5.74) is 0. The normalized spacial score (nSPS) is 20.2. The molecule has 1 N–H and O–H groups in total. The van der Waals surface area contributed by atoms with Crippen LogP contribution in [-0.4, -0.2) is 55.4 Å². The number of amides is 1. The SMILES string of the molecule is CCC(CC)N(CC(F)(F)F)C(=O)CC1CNCCO1. The molecule has 1 fully saturated rings. The summed E-state index contributed by atoms with van der Waals surface area (Å²) in [7, 11) is 0. The number of hydrogen-bond donors (Lipinski definition) is 1. The minimum Gasteiger partial charge on any atom is -0.375 e. The van der Waals surface area contributed by atoms with Crippen molar-refractivity contribution in [3.8, 4) is 0 Å². The van der Waals surface area contributed by atoms with Gasteiger partial charge in [0.05, 0.1) is 19.1 Å². The standard InChI is InChI=1S/C13H23F3N2O2/c1-3-10(4-2)18(9-13(14,15)16)12(19)7-11-8-17-5-6-20-11/h10-11,17H,3-9H2,1-2H3. The number of hydrogen-bond acceptors (Lipinski definition) is 3. The zero-order chi connectivity index (χ0) is 15.2. The lowest BCUT2D eigenvalue weighted by Gasteiger charge is -2.33. The van der Waals surface area contributed by atoms with E-state index in [2.05, 4.69) is 5.32 Å². The highest BCUT2D eigenvalue weighted by Crippen LogP contribution is 2.21. The first-order chi connectivity index (χ1) is 9.37. The summed E-state index contributed by atoms with van der Waals surface area (Å²) >= 11 is 0. The van der Waals surface area contributed by atoms with Gasteiger partial charge in [-0.25, -0.2) is 0 Å². The Labute approximate surface area is 117 Å². The van der Waals surface area contributed by atoms with Crippen LogP contribution in [0.2, 0.25) is 0 Å². The zero-order valence-corrected chi connectivity index (χ0v) is 12.0. The number of rotatable bonds is 6. The van der Waals surface area contributed by atoms with Crippen molar-refractivity contribution < 1.29 is 22.7 Å². The number of nitrogens with one attached hydrogen (secondary N) is 1. The maximum Gasteiger partial charge on any atom is 0.406 e. The second-order valence-corrected chi connectivity index (χ2v) is 5.01. The lowest BCUT2D eigenvalue weighted by atomic mass is 10.1. The molecular weight excluding hydrogens is 273 g/mol. The van der Waals surface area contributed by atoms with E-state index in [9.17, 15) is 18.0 Å². The van der Waals surface area contributed by atoms with Crippen LogP contribution in [-0.2, 0) is 9.53 Å². The molecule has 7 heteroatoms. The molecule has 0 bridgehead atoms. The van der Waals surface area contributed by atoms with Gasteiger partial charge in [-0.3, -0.25) is 4.79 Å². The summed E-state index contributed by atoms with van der Waals surface area (Å²) < 4.78 is 43.3. The van der Waals surface area contributed by atoms with Crippen molar-refractivity contribution in [2.45, 2.75) is 51.4 Å². The van der Waals surface area contributed by atoms with Gasteiger partial charge in [0.2, 0.25) is 5.91 Å². The van der Waals surface area contributed by atoms with Crippen LogP contribution in [0.1, 0.15) is 33.1 Å². The number of morpholine rings is 1. The van der Waals surface area contributed by atoms with E-state index in [0.717, 1.165) is 4.90 Å². The molecule has 0 aromatic heterocycles. The Kier molecular flexibility index (Phi) is 6.75. The Bertz CT molecular complexity index is 300. The van der Waals surface area contributed by atoms with E-state index in [4.69, 9.17) is 4.74 Å². The Morgan fingerprint density at radius 1 is 1.40 bits per heavy atom. The third-order valence-electron chi connectivity index (χ3n) is 3.46. The largest absolute Gasteiger partial charge is 0.406 e. The van der Waals surface area contributed by atoms with Crippen molar-refractivity contribution in [3.63, 3.8) is 0 Å². The van der Waals surface area contributed by atoms with Gasteiger partial charge < -0.3 is 15.0 Å². The summed E-state index contributed by atoms with van der Waals surface area (Å²) in [5.74, 6) is -0.482. The lowest BCUT2D eigenvalue weighted by molar-refractivity contribution is -0.168. The van der Waals surface area contributed by atoms with Crippen LogP contribution in [0.3, 0.4) is 0 Å². The maximum absolute atomic E-state index is 12.6. The number of carbonyl (C=O) groups excluding carboxylic acids is 1. The number of halogens is 3. The highest BCUT2D eigenvalue weighted by atomic mass is 19.4. The van der Waals surface area contributed by atoms with E-state index in [1.54, 1.807) is 13.8 Å². The monoisotopic (exact) mass is 296 g/mol. The molecule has 4 nitrogen and oxygen atoms in total. The summed E-state index contributed by atoms with van der Waals surface area (Å²) in [4.78, 5) is 13.1. The minimum absolute atomic E-state index is 0.000417. The van der Waals surface area contributed by atoms with Crippen LogP contribution in [0.5, 0.6) is 0 Å². The van der Waals surface area contributed by atoms with Gasteiger partial charge in [-0.2, -0.15) is 13.2 Å². The molecule has 1 amide bonds. The van der Waals surface area contributed by atoms with Gasteiger partial charge in [0.25, 0.3) is 0 Å². The summed E-state index contributed by atoms with van der Waals surface area (Å²) in [6, 6.07) is -0.374.